The second-order valence-corrected chi connectivity index (χ2v) is 4.43. The average Bonchev–Trinajstić information content (AvgIpc) is 2.30. The molecule has 0 rings (SSSR count). The van der Waals surface area contributed by atoms with Gasteiger partial charge in [-0.05, 0) is 6.42 Å². The van der Waals surface area contributed by atoms with Gasteiger partial charge in [-0.1, -0.05) is 51.9 Å². The molecule has 0 aromatic rings. The van der Waals surface area contributed by atoms with Crippen LogP contribution in [-0.2, 0) is 14.3 Å². The van der Waals surface area contributed by atoms with E-state index in [9.17, 15) is 4.79 Å². The predicted octanol–water partition coefficient (Wildman–Crippen LogP) is 3.71. The predicted molar refractivity (Wildman–Crippen MR) is 70.1 cm³/mol. The van der Waals surface area contributed by atoms with E-state index in [4.69, 9.17) is 9.47 Å². The Hall–Kier alpha value is -0.570. The van der Waals surface area contributed by atoms with Gasteiger partial charge in [0, 0.05) is 13.5 Å². The molecule has 0 aromatic heterocycles. The fourth-order valence-electron chi connectivity index (χ4n) is 1.68. The summed E-state index contributed by atoms with van der Waals surface area (Å²) >= 11 is 0. The van der Waals surface area contributed by atoms with Gasteiger partial charge in [-0.25, -0.2) is 0 Å². The molecule has 102 valence electrons. The summed E-state index contributed by atoms with van der Waals surface area (Å²) in [5.41, 5.74) is 0. The number of ether oxygens (including phenoxy) is 2. The van der Waals surface area contributed by atoms with Gasteiger partial charge in [0.05, 0.1) is 6.61 Å². The van der Waals surface area contributed by atoms with Gasteiger partial charge in [-0.15, -0.1) is 0 Å². The number of carbonyl (C=O) groups is 1. The van der Waals surface area contributed by atoms with Crippen molar-refractivity contribution < 1.29 is 14.3 Å². The summed E-state index contributed by atoms with van der Waals surface area (Å²) in [7, 11) is 0. The normalized spacial score (nSPS) is 10.5. The van der Waals surface area contributed by atoms with Gasteiger partial charge in [-0.3, -0.25) is 4.79 Å². The highest BCUT2D eigenvalue weighted by atomic mass is 16.6. The highest BCUT2D eigenvalue weighted by molar-refractivity contribution is 5.65. The summed E-state index contributed by atoms with van der Waals surface area (Å²) in [5, 5.41) is 0. The molecule has 17 heavy (non-hydrogen) atoms. The fourth-order valence-corrected chi connectivity index (χ4v) is 1.68. The number of esters is 1. The van der Waals surface area contributed by atoms with Crippen LogP contribution >= 0.6 is 0 Å². The molecule has 0 fully saturated rings. The van der Waals surface area contributed by atoms with E-state index in [0.717, 1.165) is 13.0 Å². The lowest BCUT2D eigenvalue weighted by atomic mass is 10.1. The second kappa shape index (κ2) is 13.5. The Morgan fingerprint density at radius 1 is 0.824 bits per heavy atom. The van der Waals surface area contributed by atoms with Crippen LogP contribution in [0.25, 0.3) is 0 Å². The quantitative estimate of drug-likeness (QED) is 0.388. The lowest BCUT2D eigenvalue weighted by Crippen LogP contribution is -2.08. The van der Waals surface area contributed by atoms with Crippen molar-refractivity contribution in [1.29, 1.82) is 0 Å². The third-order valence-electron chi connectivity index (χ3n) is 2.68. The Balaban J connectivity index is 2.91. The Morgan fingerprint density at radius 2 is 1.41 bits per heavy atom. The first-order valence-electron chi connectivity index (χ1n) is 6.98. The maximum Gasteiger partial charge on any atom is 0.302 e. The molecule has 0 aliphatic heterocycles. The summed E-state index contributed by atoms with van der Waals surface area (Å²) in [6.07, 6.45) is 10.5. The van der Waals surface area contributed by atoms with Crippen LogP contribution in [0.5, 0.6) is 0 Å². The highest BCUT2D eigenvalue weighted by Gasteiger charge is 1.94. The summed E-state index contributed by atoms with van der Waals surface area (Å²) < 4.78 is 10.1. The van der Waals surface area contributed by atoms with E-state index in [1.54, 1.807) is 0 Å². The zero-order valence-electron chi connectivity index (χ0n) is 11.5. The SMILES string of the molecule is CCCCCCCCCCOCCOC(C)=O. The average molecular weight is 244 g/mol. The van der Waals surface area contributed by atoms with Crippen molar-refractivity contribution in [1.82, 2.24) is 0 Å². The molecule has 0 heterocycles. The van der Waals surface area contributed by atoms with Crippen molar-refractivity contribution >= 4 is 5.97 Å². The number of hydrogen-bond donors (Lipinski definition) is 0. The van der Waals surface area contributed by atoms with E-state index in [-0.39, 0.29) is 5.97 Å². The van der Waals surface area contributed by atoms with E-state index in [2.05, 4.69) is 6.92 Å². The lowest BCUT2D eigenvalue weighted by Gasteiger charge is -2.04. The molecule has 3 heteroatoms. The van der Waals surface area contributed by atoms with Gasteiger partial charge >= 0.3 is 5.97 Å². The Kier molecular flexibility index (Phi) is 13.0. The minimum Gasteiger partial charge on any atom is -0.463 e. The van der Waals surface area contributed by atoms with Crippen LogP contribution in [0, 0.1) is 0 Å². The first kappa shape index (κ1) is 16.4. The van der Waals surface area contributed by atoms with E-state index in [1.807, 2.05) is 0 Å². The minimum absolute atomic E-state index is 0.235. The third kappa shape index (κ3) is 15.4. The molecule has 0 saturated carbocycles. The smallest absolute Gasteiger partial charge is 0.302 e. The van der Waals surface area contributed by atoms with E-state index < -0.39 is 0 Å². The number of hydrogen-bond acceptors (Lipinski definition) is 3. The van der Waals surface area contributed by atoms with Crippen LogP contribution in [0.1, 0.15) is 65.2 Å². The van der Waals surface area contributed by atoms with Gasteiger partial charge in [0.25, 0.3) is 0 Å². The van der Waals surface area contributed by atoms with Crippen LogP contribution in [0.3, 0.4) is 0 Å². The van der Waals surface area contributed by atoms with Crippen LogP contribution in [-0.4, -0.2) is 25.8 Å². The number of carbonyl (C=O) groups excluding carboxylic acids is 1. The number of rotatable bonds is 12. The maximum absolute atomic E-state index is 10.4. The van der Waals surface area contributed by atoms with Crippen molar-refractivity contribution in [2.75, 3.05) is 19.8 Å². The van der Waals surface area contributed by atoms with Crippen LogP contribution in [0.2, 0.25) is 0 Å². The summed E-state index contributed by atoms with van der Waals surface area (Å²) in [4.78, 5) is 10.4. The van der Waals surface area contributed by atoms with Gasteiger partial charge in [0.15, 0.2) is 0 Å². The number of unbranched alkanes of at least 4 members (excludes halogenated alkanes) is 7. The van der Waals surface area contributed by atoms with Crippen LogP contribution in [0.15, 0.2) is 0 Å². The zero-order chi connectivity index (χ0) is 12.8. The molecular weight excluding hydrogens is 216 g/mol. The molecule has 0 aliphatic rings. The van der Waals surface area contributed by atoms with Crippen LogP contribution < -0.4 is 0 Å². The van der Waals surface area contributed by atoms with E-state index in [1.165, 1.54) is 51.9 Å². The maximum atomic E-state index is 10.4. The van der Waals surface area contributed by atoms with Crippen molar-refractivity contribution in [2.24, 2.45) is 0 Å². The van der Waals surface area contributed by atoms with E-state index in [0.29, 0.717) is 13.2 Å². The molecule has 0 atom stereocenters. The molecule has 0 N–H and O–H groups in total. The largest absolute Gasteiger partial charge is 0.463 e. The molecule has 0 spiro atoms. The molecule has 0 radical (unpaired) electrons. The molecule has 0 bridgehead atoms. The van der Waals surface area contributed by atoms with Gasteiger partial charge in [-0.2, -0.15) is 0 Å². The summed E-state index contributed by atoms with van der Waals surface area (Å²) in [5.74, 6) is -0.235. The molecule has 3 nitrogen and oxygen atoms in total. The minimum atomic E-state index is -0.235. The van der Waals surface area contributed by atoms with Crippen molar-refractivity contribution in [3.63, 3.8) is 0 Å². The van der Waals surface area contributed by atoms with E-state index >= 15 is 0 Å². The molecule has 0 amide bonds. The second-order valence-electron chi connectivity index (χ2n) is 4.43. The summed E-state index contributed by atoms with van der Waals surface area (Å²) in [6, 6.07) is 0. The first-order chi connectivity index (χ1) is 8.27. The monoisotopic (exact) mass is 244 g/mol. The van der Waals surface area contributed by atoms with Gasteiger partial charge in [0.1, 0.15) is 6.61 Å². The molecule has 0 unspecified atom stereocenters. The molecular formula is C14H28O3. The Bertz CT molecular complexity index is 169. The standard InChI is InChI=1S/C14H28O3/c1-3-4-5-6-7-8-9-10-11-16-12-13-17-14(2)15/h3-13H2,1-2H3. The third-order valence-corrected chi connectivity index (χ3v) is 2.68. The molecule has 0 saturated heterocycles. The molecule has 0 aromatic carbocycles. The van der Waals surface area contributed by atoms with Gasteiger partial charge < -0.3 is 9.47 Å². The van der Waals surface area contributed by atoms with Crippen molar-refractivity contribution in [2.45, 2.75) is 65.2 Å². The summed E-state index contributed by atoms with van der Waals surface area (Å²) in [6.45, 7) is 5.35. The fraction of sp³-hybridized carbons (Fsp3) is 0.929. The van der Waals surface area contributed by atoms with Gasteiger partial charge in [0.2, 0.25) is 0 Å². The Morgan fingerprint density at radius 3 is 2.00 bits per heavy atom. The van der Waals surface area contributed by atoms with Crippen LogP contribution in [0.4, 0.5) is 0 Å². The lowest BCUT2D eigenvalue weighted by molar-refractivity contribution is -0.142. The highest BCUT2D eigenvalue weighted by Crippen LogP contribution is 2.08. The first-order valence-corrected chi connectivity index (χ1v) is 6.98. The Labute approximate surface area is 106 Å². The zero-order valence-corrected chi connectivity index (χ0v) is 11.5. The molecule has 0 aliphatic carbocycles. The van der Waals surface area contributed by atoms with Crippen molar-refractivity contribution in [3.05, 3.63) is 0 Å². The van der Waals surface area contributed by atoms with Crippen molar-refractivity contribution in [3.8, 4) is 0 Å². The topological polar surface area (TPSA) is 35.5 Å².